The lowest BCUT2D eigenvalue weighted by Gasteiger charge is -2.42. The van der Waals surface area contributed by atoms with E-state index in [2.05, 4.69) is 62.3 Å². The van der Waals surface area contributed by atoms with Gasteiger partial charge in [-0.3, -0.25) is 14.0 Å². The molecule has 1 aliphatic carbocycles. The third kappa shape index (κ3) is 7.84. The Kier molecular flexibility index (Phi) is 9.38. The van der Waals surface area contributed by atoms with Gasteiger partial charge in [-0.1, -0.05) is 45.0 Å². The monoisotopic (exact) mass is 688 g/mol. The van der Waals surface area contributed by atoms with Gasteiger partial charge < -0.3 is 20.3 Å². The van der Waals surface area contributed by atoms with Gasteiger partial charge in [0.05, 0.1) is 29.7 Å². The number of nitrogens with zero attached hydrogens (tertiary/aromatic N) is 5. The van der Waals surface area contributed by atoms with Crippen molar-refractivity contribution in [2.24, 2.45) is 0 Å². The first kappa shape index (κ1) is 34.7. The van der Waals surface area contributed by atoms with Crippen molar-refractivity contribution in [1.29, 1.82) is 0 Å². The van der Waals surface area contributed by atoms with E-state index in [0.29, 0.717) is 24.2 Å². The number of urea groups is 1. The summed E-state index contributed by atoms with van der Waals surface area (Å²) in [6.07, 6.45) is 4.27. The SMILES string of the molecule is CN1CCN(C(C)(C)c2nnc3ccc(O[C@@H]4CC[C@H](NC(=O)Nc5cc(NS(C)(=O)=O)cc(C(C)(C)C)c5)c5ccccc54)cn23)CC1. The number of ether oxygens (including phenoxy) is 1. The number of sulfonamides is 1. The molecule has 262 valence electrons. The van der Waals surface area contributed by atoms with Crippen LogP contribution in [0.4, 0.5) is 16.2 Å². The van der Waals surface area contributed by atoms with Crippen LogP contribution in [-0.4, -0.2) is 78.3 Å². The van der Waals surface area contributed by atoms with E-state index in [-0.39, 0.29) is 29.1 Å². The number of hydrogen-bond donors (Lipinski definition) is 3. The van der Waals surface area contributed by atoms with Crippen LogP contribution >= 0.6 is 0 Å². The Bertz CT molecular complexity index is 1940. The molecule has 13 heteroatoms. The molecule has 1 saturated heterocycles. The number of hydrogen-bond acceptors (Lipinski definition) is 8. The standard InChI is InChI=1S/C36H48N8O4S/c1-35(2,3)24-20-25(22-26(21-24)41-49(7,46)47)37-34(45)38-30-13-14-31(29-11-9-8-10-28(29)30)48-27-12-15-32-39-40-33(44(32)23-27)36(4,5)43-18-16-42(6)17-19-43/h8-12,15,20-23,30-31,41H,13-14,16-19H2,1-7H3,(H2,37,38,45)/t30-,31+/m0/s1. The Labute approximate surface area is 289 Å². The van der Waals surface area contributed by atoms with Crippen molar-refractivity contribution in [2.45, 2.75) is 70.6 Å². The maximum absolute atomic E-state index is 13.4. The van der Waals surface area contributed by atoms with E-state index in [1.54, 1.807) is 12.1 Å². The summed E-state index contributed by atoms with van der Waals surface area (Å²) in [6.45, 7) is 14.5. The van der Waals surface area contributed by atoms with Crippen LogP contribution in [-0.2, 0) is 21.0 Å². The topological polar surface area (TPSA) is 133 Å². The minimum absolute atomic E-state index is 0.201. The van der Waals surface area contributed by atoms with Crippen LogP contribution in [0.25, 0.3) is 5.65 Å². The fourth-order valence-corrected chi connectivity index (χ4v) is 7.33. The van der Waals surface area contributed by atoms with E-state index in [4.69, 9.17) is 4.74 Å². The highest BCUT2D eigenvalue weighted by atomic mass is 32.2. The molecule has 6 rings (SSSR count). The summed E-state index contributed by atoms with van der Waals surface area (Å²) < 4.78 is 35.1. The molecule has 1 aliphatic heterocycles. The van der Waals surface area contributed by atoms with Gasteiger partial charge in [-0.2, -0.15) is 0 Å². The van der Waals surface area contributed by atoms with Gasteiger partial charge in [-0.05, 0) is 86.2 Å². The number of fused-ring (bicyclic) bond motifs is 2. The second kappa shape index (κ2) is 13.3. The summed E-state index contributed by atoms with van der Waals surface area (Å²) in [4.78, 5) is 18.2. The highest BCUT2D eigenvalue weighted by Gasteiger charge is 2.35. The third-order valence-corrected chi connectivity index (χ3v) is 10.2. The predicted octanol–water partition coefficient (Wildman–Crippen LogP) is 5.66. The van der Waals surface area contributed by atoms with Gasteiger partial charge in [-0.25, -0.2) is 13.2 Å². The van der Waals surface area contributed by atoms with Gasteiger partial charge >= 0.3 is 6.03 Å². The van der Waals surface area contributed by atoms with Gasteiger partial charge in [0.15, 0.2) is 11.5 Å². The van der Waals surface area contributed by atoms with Crippen molar-refractivity contribution < 1.29 is 17.9 Å². The number of aromatic nitrogens is 3. The number of amides is 2. The maximum atomic E-state index is 13.4. The number of carbonyl (C=O) groups excluding carboxylic acids is 1. The summed E-state index contributed by atoms with van der Waals surface area (Å²) in [5.41, 5.74) is 4.01. The predicted molar refractivity (Wildman–Crippen MR) is 193 cm³/mol. The Morgan fingerprint density at radius 1 is 0.898 bits per heavy atom. The fraction of sp³-hybridized carbons (Fsp3) is 0.472. The Hall–Kier alpha value is -4.20. The molecule has 2 amide bonds. The molecule has 0 bridgehead atoms. The normalized spacial score (nSPS) is 19.3. The van der Waals surface area contributed by atoms with Gasteiger partial charge in [0.25, 0.3) is 0 Å². The molecule has 0 spiro atoms. The molecule has 12 nitrogen and oxygen atoms in total. The first-order chi connectivity index (χ1) is 23.1. The minimum Gasteiger partial charge on any atom is -0.484 e. The van der Waals surface area contributed by atoms with E-state index < -0.39 is 10.0 Å². The molecule has 3 N–H and O–H groups in total. The number of carbonyl (C=O) groups is 1. The molecule has 0 radical (unpaired) electrons. The van der Waals surface area contributed by atoms with Gasteiger partial charge in [0.1, 0.15) is 11.9 Å². The molecule has 1 fully saturated rings. The fourth-order valence-electron chi connectivity index (χ4n) is 6.78. The van der Waals surface area contributed by atoms with E-state index in [1.807, 2.05) is 67.8 Å². The van der Waals surface area contributed by atoms with E-state index >= 15 is 0 Å². The summed E-state index contributed by atoms with van der Waals surface area (Å²) in [7, 11) is -1.34. The number of anilines is 2. The number of nitrogens with one attached hydrogen (secondary N) is 3. The number of piperazine rings is 1. The molecule has 2 aromatic heterocycles. The van der Waals surface area contributed by atoms with Crippen molar-refractivity contribution in [1.82, 2.24) is 29.7 Å². The van der Waals surface area contributed by atoms with Crippen molar-refractivity contribution in [3.05, 3.63) is 83.3 Å². The molecule has 2 aromatic carbocycles. The molecule has 49 heavy (non-hydrogen) atoms. The summed E-state index contributed by atoms with van der Waals surface area (Å²) in [5.74, 6) is 1.60. The lowest BCUT2D eigenvalue weighted by Crippen LogP contribution is -2.52. The van der Waals surface area contributed by atoms with Crippen LogP contribution in [0.1, 0.15) is 82.1 Å². The van der Waals surface area contributed by atoms with Crippen LogP contribution < -0.4 is 20.1 Å². The zero-order valence-electron chi connectivity index (χ0n) is 29.4. The second-order valence-electron chi connectivity index (χ2n) is 14.9. The zero-order chi connectivity index (χ0) is 35.1. The minimum atomic E-state index is -3.49. The lowest BCUT2D eigenvalue weighted by atomic mass is 9.85. The number of benzene rings is 2. The summed E-state index contributed by atoms with van der Waals surface area (Å²) >= 11 is 0. The number of likely N-dealkylation sites (N-methyl/N-ethyl adjacent to an activating group) is 1. The van der Waals surface area contributed by atoms with E-state index in [1.165, 1.54) is 0 Å². The summed E-state index contributed by atoms with van der Waals surface area (Å²) in [5, 5.41) is 15.2. The molecule has 2 atom stereocenters. The molecular formula is C36H48N8O4S. The highest BCUT2D eigenvalue weighted by molar-refractivity contribution is 7.92. The largest absolute Gasteiger partial charge is 0.484 e. The van der Waals surface area contributed by atoms with Gasteiger partial charge in [0.2, 0.25) is 10.0 Å². The maximum Gasteiger partial charge on any atom is 0.319 e. The molecule has 0 unspecified atom stereocenters. The van der Waals surface area contributed by atoms with E-state index in [0.717, 1.165) is 66.3 Å². The quantitative estimate of drug-likeness (QED) is 0.216. The van der Waals surface area contributed by atoms with Gasteiger partial charge in [-0.15, -0.1) is 10.2 Å². The van der Waals surface area contributed by atoms with Crippen molar-refractivity contribution in [2.75, 3.05) is 49.5 Å². The lowest BCUT2D eigenvalue weighted by molar-refractivity contribution is 0.0544. The molecule has 2 aliphatic rings. The number of pyridine rings is 1. The molecule has 0 saturated carbocycles. The average Bonchev–Trinajstić information content (AvgIpc) is 3.45. The zero-order valence-corrected chi connectivity index (χ0v) is 30.3. The van der Waals surface area contributed by atoms with Gasteiger partial charge in [0, 0.05) is 31.9 Å². The first-order valence-electron chi connectivity index (χ1n) is 16.8. The van der Waals surface area contributed by atoms with Crippen LogP contribution in [0.2, 0.25) is 0 Å². The molecular weight excluding hydrogens is 641 g/mol. The van der Waals surface area contributed by atoms with Crippen molar-refractivity contribution in [3.8, 4) is 5.75 Å². The van der Waals surface area contributed by atoms with Crippen LogP contribution in [0.5, 0.6) is 5.75 Å². The highest BCUT2D eigenvalue weighted by Crippen LogP contribution is 2.39. The Balaban J connectivity index is 1.18. The van der Waals surface area contributed by atoms with Crippen LogP contribution in [0.3, 0.4) is 0 Å². The third-order valence-electron chi connectivity index (χ3n) is 9.60. The number of rotatable bonds is 8. The second-order valence-corrected chi connectivity index (χ2v) is 16.6. The molecule has 3 heterocycles. The van der Waals surface area contributed by atoms with E-state index in [9.17, 15) is 13.2 Å². The van der Waals surface area contributed by atoms with Crippen molar-refractivity contribution >= 4 is 33.1 Å². The first-order valence-corrected chi connectivity index (χ1v) is 18.7. The smallest absolute Gasteiger partial charge is 0.319 e. The van der Waals surface area contributed by atoms with Crippen LogP contribution in [0.15, 0.2) is 60.8 Å². The Morgan fingerprint density at radius 2 is 1.59 bits per heavy atom. The van der Waals surface area contributed by atoms with Crippen molar-refractivity contribution in [3.63, 3.8) is 0 Å². The molecule has 4 aromatic rings. The van der Waals surface area contributed by atoms with Crippen LogP contribution in [0, 0.1) is 0 Å². The summed E-state index contributed by atoms with van der Waals surface area (Å²) in [6, 6.07) is 16.6. The average molecular weight is 689 g/mol. The Morgan fingerprint density at radius 3 is 2.29 bits per heavy atom.